The molecule has 0 saturated carbocycles. The summed E-state index contributed by atoms with van der Waals surface area (Å²) in [6, 6.07) is 0.795. The van der Waals surface area contributed by atoms with E-state index in [0.29, 0.717) is 12.1 Å². The first-order valence-electron chi connectivity index (χ1n) is 7.13. The van der Waals surface area contributed by atoms with E-state index in [1.54, 1.807) is 0 Å². The molecule has 3 heterocycles. The molecule has 3 saturated heterocycles. The van der Waals surface area contributed by atoms with Crippen LogP contribution in [0.4, 0.5) is 4.79 Å². The van der Waals surface area contributed by atoms with Gasteiger partial charge in [-0.25, -0.2) is 4.79 Å². The van der Waals surface area contributed by atoms with Crippen molar-refractivity contribution in [2.75, 3.05) is 26.3 Å². The van der Waals surface area contributed by atoms with E-state index in [1.807, 2.05) is 25.7 Å². The lowest BCUT2D eigenvalue weighted by atomic mass is 9.96. The molecule has 108 valence electrons. The van der Waals surface area contributed by atoms with Gasteiger partial charge in [0.05, 0.1) is 18.8 Å². The topological polar surface area (TPSA) is 42.0 Å². The minimum Gasteiger partial charge on any atom is -0.444 e. The fourth-order valence-corrected chi connectivity index (χ4v) is 3.44. The first-order valence-corrected chi connectivity index (χ1v) is 7.13. The normalized spacial score (nSPS) is 33.4. The van der Waals surface area contributed by atoms with Crippen LogP contribution >= 0.6 is 0 Å². The second-order valence-electron chi connectivity index (χ2n) is 7.32. The lowest BCUT2D eigenvalue weighted by molar-refractivity contribution is -0.142. The van der Waals surface area contributed by atoms with Gasteiger partial charge in [0.1, 0.15) is 5.60 Å². The molecule has 3 rings (SSSR count). The predicted octanol–water partition coefficient (Wildman–Crippen LogP) is 1.47. The summed E-state index contributed by atoms with van der Waals surface area (Å²) in [5, 5.41) is 0. The van der Waals surface area contributed by atoms with Crippen molar-refractivity contribution in [3.8, 4) is 0 Å². The molecule has 19 heavy (non-hydrogen) atoms. The van der Waals surface area contributed by atoms with Crippen LogP contribution in [0.25, 0.3) is 0 Å². The van der Waals surface area contributed by atoms with Crippen LogP contribution in [0.1, 0.15) is 34.1 Å². The number of fused-ring (bicyclic) bond motifs is 2. The molecule has 3 aliphatic heterocycles. The number of rotatable bonds is 1. The first-order chi connectivity index (χ1) is 8.78. The van der Waals surface area contributed by atoms with Crippen molar-refractivity contribution < 1.29 is 14.3 Å². The molecule has 0 radical (unpaired) electrons. The van der Waals surface area contributed by atoms with Crippen LogP contribution in [-0.4, -0.2) is 65.4 Å². The Morgan fingerprint density at radius 3 is 2.37 bits per heavy atom. The van der Waals surface area contributed by atoms with Crippen molar-refractivity contribution in [1.29, 1.82) is 0 Å². The van der Waals surface area contributed by atoms with Crippen molar-refractivity contribution in [3.05, 3.63) is 0 Å². The van der Waals surface area contributed by atoms with E-state index >= 15 is 0 Å². The largest absolute Gasteiger partial charge is 0.444 e. The summed E-state index contributed by atoms with van der Waals surface area (Å²) in [5.41, 5.74) is -0.216. The molecular weight excluding hydrogens is 244 g/mol. The maximum atomic E-state index is 12.2. The van der Waals surface area contributed by atoms with E-state index in [4.69, 9.17) is 9.47 Å². The van der Waals surface area contributed by atoms with Gasteiger partial charge in [-0.05, 0) is 34.1 Å². The molecule has 1 unspecified atom stereocenters. The summed E-state index contributed by atoms with van der Waals surface area (Å²) in [6.07, 6.45) is 0.920. The third-order valence-electron chi connectivity index (χ3n) is 4.39. The van der Waals surface area contributed by atoms with Gasteiger partial charge in [-0.2, -0.15) is 0 Å². The SMILES string of the molecule is CC(C)(C)OC(=O)N1CC2C[C@H]1CN2C1(C)COC1. The van der Waals surface area contributed by atoms with Crippen molar-refractivity contribution in [1.82, 2.24) is 9.80 Å². The Kier molecular flexibility index (Phi) is 2.84. The standard InChI is InChI=1S/C14H24N2O3/c1-13(2,3)19-12(17)15-6-11-5-10(15)7-16(11)14(4)8-18-9-14/h10-11H,5-9H2,1-4H3/t10-,11?/m0/s1. The Morgan fingerprint density at radius 2 is 1.95 bits per heavy atom. The molecule has 0 aromatic rings. The molecule has 2 bridgehead atoms. The molecule has 0 aromatic carbocycles. The van der Waals surface area contributed by atoms with E-state index < -0.39 is 5.60 Å². The molecule has 1 amide bonds. The first kappa shape index (κ1) is 13.2. The lowest BCUT2D eigenvalue weighted by Crippen LogP contribution is -2.65. The molecule has 5 heteroatoms. The summed E-state index contributed by atoms with van der Waals surface area (Å²) in [4.78, 5) is 16.6. The van der Waals surface area contributed by atoms with Gasteiger partial charge >= 0.3 is 6.09 Å². The van der Waals surface area contributed by atoms with Gasteiger partial charge in [-0.1, -0.05) is 0 Å². The number of carbonyl (C=O) groups excluding carboxylic acids is 1. The van der Waals surface area contributed by atoms with Crippen molar-refractivity contribution >= 4 is 6.09 Å². The highest BCUT2D eigenvalue weighted by Gasteiger charge is 2.53. The van der Waals surface area contributed by atoms with Crippen LogP contribution in [0, 0.1) is 0 Å². The fraction of sp³-hybridized carbons (Fsp3) is 0.929. The second-order valence-corrected chi connectivity index (χ2v) is 7.32. The summed E-state index contributed by atoms with van der Waals surface area (Å²) >= 11 is 0. The number of nitrogens with zero attached hydrogens (tertiary/aromatic N) is 2. The zero-order valence-corrected chi connectivity index (χ0v) is 12.3. The maximum absolute atomic E-state index is 12.2. The number of likely N-dealkylation sites (tertiary alicyclic amines) is 2. The van der Waals surface area contributed by atoms with E-state index in [0.717, 1.165) is 32.7 Å². The predicted molar refractivity (Wildman–Crippen MR) is 71.1 cm³/mol. The summed E-state index contributed by atoms with van der Waals surface area (Å²) in [7, 11) is 0. The van der Waals surface area contributed by atoms with Crippen LogP contribution in [-0.2, 0) is 9.47 Å². The third-order valence-corrected chi connectivity index (χ3v) is 4.39. The third kappa shape index (κ3) is 2.23. The Hall–Kier alpha value is -0.810. The highest BCUT2D eigenvalue weighted by molar-refractivity contribution is 5.69. The number of hydrogen-bond acceptors (Lipinski definition) is 4. The summed E-state index contributed by atoms with van der Waals surface area (Å²) < 4.78 is 10.8. The van der Waals surface area contributed by atoms with Crippen LogP contribution in [0.3, 0.4) is 0 Å². The quantitative estimate of drug-likeness (QED) is 0.722. The van der Waals surface area contributed by atoms with E-state index in [9.17, 15) is 4.79 Å². The maximum Gasteiger partial charge on any atom is 0.410 e. The van der Waals surface area contributed by atoms with Crippen LogP contribution < -0.4 is 0 Å². The molecule has 3 aliphatic rings. The van der Waals surface area contributed by atoms with Gasteiger partial charge in [0.25, 0.3) is 0 Å². The van der Waals surface area contributed by atoms with Crippen LogP contribution in [0.15, 0.2) is 0 Å². The Morgan fingerprint density at radius 1 is 1.26 bits per heavy atom. The highest BCUT2D eigenvalue weighted by Crippen LogP contribution is 2.39. The van der Waals surface area contributed by atoms with Crippen molar-refractivity contribution in [3.63, 3.8) is 0 Å². The average molecular weight is 268 g/mol. The number of piperazine rings is 1. The molecule has 5 nitrogen and oxygen atoms in total. The van der Waals surface area contributed by atoms with E-state index in [-0.39, 0.29) is 11.6 Å². The van der Waals surface area contributed by atoms with Gasteiger partial charge in [0.2, 0.25) is 0 Å². The highest BCUT2D eigenvalue weighted by atomic mass is 16.6. The van der Waals surface area contributed by atoms with E-state index in [1.165, 1.54) is 0 Å². The smallest absolute Gasteiger partial charge is 0.410 e. The van der Waals surface area contributed by atoms with Gasteiger partial charge in [0, 0.05) is 25.2 Å². The summed E-state index contributed by atoms with van der Waals surface area (Å²) in [6.45, 7) is 11.4. The van der Waals surface area contributed by atoms with Crippen LogP contribution in [0.5, 0.6) is 0 Å². The van der Waals surface area contributed by atoms with E-state index in [2.05, 4.69) is 11.8 Å². The van der Waals surface area contributed by atoms with Gasteiger partial charge in [-0.3, -0.25) is 4.90 Å². The molecule has 0 N–H and O–H groups in total. The average Bonchev–Trinajstić information content (AvgIpc) is 2.82. The Bertz CT molecular complexity index is 387. The van der Waals surface area contributed by atoms with Crippen molar-refractivity contribution in [2.45, 2.75) is 57.3 Å². The molecule has 0 aromatic heterocycles. The lowest BCUT2D eigenvalue weighted by Gasteiger charge is -2.50. The number of hydrogen-bond donors (Lipinski definition) is 0. The minimum absolute atomic E-state index is 0.158. The van der Waals surface area contributed by atoms with Gasteiger partial charge in [-0.15, -0.1) is 0 Å². The number of amides is 1. The summed E-state index contributed by atoms with van der Waals surface area (Å²) in [5.74, 6) is 0. The molecule has 0 spiro atoms. The number of ether oxygens (including phenoxy) is 2. The molecule has 0 aliphatic carbocycles. The molecule has 2 atom stereocenters. The second kappa shape index (κ2) is 4.09. The van der Waals surface area contributed by atoms with Gasteiger partial charge < -0.3 is 14.4 Å². The fourth-order valence-electron chi connectivity index (χ4n) is 3.44. The van der Waals surface area contributed by atoms with Crippen molar-refractivity contribution in [2.24, 2.45) is 0 Å². The van der Waals surface area contributed by atoms with Gasteiger partial charge in [0.15, 0.2) is 0 Å². The monoisotopic (exact) mass is 268 g/mol. The Balaban J connectivity index is 1.62. The molecule has 3 fully saturated rings. The molecular formula is C14H24N2O3. The zero-order chi connectivity index (χ0) is 13.8. The minimum atomic E-state index is -0.410. The van der Waals surface area contributed by atoms with Crippen LogP contribution in [0.2, 0.25) is 0 Å². The zero-order valence-electron chi connectivity index (χ0n) is 12.3. The Labute approximate surface area is 114 Å². The number of carbonyl (C=O) groups is 1.